The summed E-state index contributed by atoms with van der Waals surface area (Å²) in [6, 6.07) is 12.8. The van der Waals surface area contributed by atoms with Gasteiger partial charge < -0.3 is 4.43 Å². The molecule has 2 aliphatic carbocycles. The molecule has 0 amide bonds. The van der Waals surface area contributed by atoms with Crippen LogP contribution in [0.3, 0.4) is 0 Å². The number of hydrogen-bond acceptors (Lipinski definition) is 1. The van der Waals surface area contributed by atoms with E-state index in [1.54, 1.807) is 32.3 Å². The fourth-order valence-corrected chi connectivity index (χ4v) is 12.5. The minimum absolute atomic E-state index is 0.931. The van der Waals surface area contributed by atoms with Gasteiger partial charge in [-0.2, -0.15) is 0 Å². The van der Waals surface area contributed by atoms with Gasteiger partial charge in [-0.1, -0.05) is 73.0 Å². The summed E-state index contributed by atoms with van der Waals surface area (Å²) in [5, 5.41) is 5.16. The lowest BCUT2D eigenvalue weighted by Crippen LogP contribution is -2.33. The Balaban J connectivity index is 1.46. The molecule has 1 heterocycles. The molecule has 0 saturated heterocycles. The van der Waals surface area contributed by atoms with Crippen LogP contribution in [0.5, 0.6) is 0 Å². The molecule has 0 spiro atoms. The highest BCUT2D eigenvalue weighted by Gasteiger charge is 2.50. The second-order valence-electron chi connectivity index (χ2n) is 11.8. The predicted octanol–water partition coefficient (Wildman–Crippen LogP) is 6.21. The Kier molecular flexibility index (Phi) is 4.84. The van der Waals surface area contributed by atoms with Crippen molar-refractivity contribution in [1.29, 1.82) is 0 Å². The van der Waals surface area contributed by atoms with Crippen molar-refractivity contribution in [3.05, 3.63) is 64.4 Å². The fourth-order valence-electron chi connectivity index (χ4n) is 5.65. The standard InChI is InChI=1S/C27H36OSi3/c1-29(2,3)28-14-15-30(4,5)21-13-12-20(16-21)23-18-24-22-11-9-8-10-19(22)17-25(24)27-26(23)31(27,6)7/h8-11,13,16,18H,12,14-15,17H2,1-7H3. The lowest BCUT2D eigenvalue weighted by molar-refractivity contribution is 0.332. The van der Waals surface area contributed by atoms with Crippen LogP contribution in [0.15, 0.2) is 47.7 Å². The summed E-state index contributed by atoms with van der Waals surface area (Å²) in [7, 11) is -4.28. The Morgan fingerprint density at radius 2 is 1.68 bits per heavy atom. The second kappa shape index (κ2) is 7.01. The highest BCUT2D eigenvalue weighted by molar-refractivity contribution is 7.16. The average Bonchev–Trinajstić information content (AvgIpc) is 3.07. The van der Waals surface area contributed by atoms with Crippen LogP contribution in [-0.2, 0) is 10.8 Å². The zero-order valence-corrected chi connectivity index (χ0v) is 23.3. The van der Waals surface area contributed by atoms with Crippen molar-refractivity contribution in [2.75, 3.05) is 6.61 Å². The van der Waals surface area contributed by atoms with E-state index in [-0.39, 0.29) is 0 Å². The molecule has 1 aliphatic heterocycles. The SMILES string of the molecule is C[Si](C)(C)OCC[Si](C)(C)C1=CCC(c2cc3c(c4c2[Si]4(C)C)Cc2ccccc2-3)=C1. The zero-order valence-electron chi connectivity index (χ0n) is 20.3. The number of fused-ring (bicyclic) bond motifs is 5. The molecule has 0 unspecified atom stereocenters. The van der Waals surface area contributed by atoms with Gasteiger partial charge in [0.2, 0.25) is 0 Å². The smallest absolute Gasteiger partial charge is 0.183 e. The normalized spacial score (nSPS) is 18.3. The minimum atomic E-state index is -1.47. The molecule has 0 N–H and O–H groups in total. The van der Waals surface area contributed by atoms with E-state index in [0.29, 0.717) is 0 Å². The van der Waals surface area contributed by atoms with Gasteiger partial charge in [0, 0.05) is 6.61 Å². The van der Waals surface area contributed by atoms with Crippen molar-refractivity contribution in [3.8, 4) is 11.1 Å². The lowest BCUT2D eigenvalue weighted by Gasteiger charge is -2.25. The van der Waals surface area contributed by atoms with E-state index in [0.717, 1.165) is 19.4 Å². The maximum absolute atomic E-state index is 6.21. The first-order valence-electron chi connectivity index (χ1n) is 11.8. The number of rotatable bonds is 6. The van der Waals surface area contributed by atoms with Gasteiger partial charge >= 0.3 is 0 Å². The largest absolute Gasteiger partial charge is 0.418 e. The fraction of sp³-hybridized carbons (Fsp3) is 0.407. The molecule has 31 heavy (non-hydrogen) atoms. The average molecular weight is 461 g/mol. The molecule has 0 atom stereocenters. The molecule has 0 fully saturated rings. The third-order valence-corrected chi connectivity index (χ3v) is 15.3. The predicted molar refractivity (Wildman–Crippen MR) is 144 cm³/mol. The van der Waals surface area contributed by atoms with Crippen LogP contribution in [-0.4, -0.2) is 31.1 Å². The molecule has 2 aromatic carbocycles. The van der Waals surface area contributed by atoms with Crippen molar-refractivity contribution in [1.82, 2.24) is 0 Å². The van der Waals surface area contributed by atoms with E-state index in [9.17, 15) is 0 Å². The van der Waals surface area contributed by atoms with Crippen molar-refractivity contribution in [3.63, 3.8) is 0 Å². The van der Waals surface area contributed by atoms with Gasteiger partial charge in [0.05, 0.1) is 8.07 Å². The van der Waals surface area contributed by atoms with E-state index in [1.165, 1.54) is 22.7 Å². The van der Waals surface area contributed by atoms with Gasteiger partial charge in [-0.15, -0.1) is 0 Å². The van der Waals surface area contributed by atoms with Crippen LogP contribution in [0.2, 0.25) is 51.9 Å². The van der Waals surface area contributed by atoms with Crippen LogP contribution in [0.4, 0.5) is 0 Å². The minimum Gasteiger partial charge on any atom is -0.418 e. The molecule has 162 valence electrons. The first-order valence-corrected chi connectivity index (χ1v) is 21.5. The molecule has 0 bridgehead atoms. The third-order valence-electron chi connectivity index (χ3n) is 7.56. The van der Waals surface area contributed by atoms with Crippen LogP contribution < -0.4 is 10.4 Å². The van der Waals surface area contributed by atoms with Crippen LogP contribution in [0.25, 0.3) is 16.7 Å². The lowest BCUT2D eigenvalue weighted by atomic mass is 9.98. The number of hydrogen-bond donors (Lipinski definition) is 0. The van der Waals surface area contributed by atoms with Crippen LogP contribution in [0, 0.1) is 0 Å². The van der Waals surface area contributed by atoms with Gasteiger partial charge in [-0.05, 0) is 83.2 Å². The highest BCUT2D eigenvalue weighted by Crippen LogP contribution is 2.43. The number of allylic oxidation sites excluding steroid dienone is 4. The Bertz CT molecular complexity index is 1150. The van der Waals surface area contributed by atoms with E-state index < -0.39 is 24.5 Å². The molecular weight excluding hydrogens is 425 g/mol. The third kappa shape index (κ3) is 3.62. The summed E-state index contributed by atoms with van der Waals surface area (Å²) in [4.78, 5) is 0. The topological polar surface area (TPSA) is 9.23 Å². The molecular formula is C27H36OSi3. The number of benzene rings is 2. The van der Waals surface area contributed by atoms with Gasteiger partial charge in [-0.25, -0.2) is 0 Å². The molecule has 0 saturated carbocycles. The quantitative estimate of drug-likeness (QED) is 0.398. The van der Waals surface area contributed by atoms with Gasteiger partial charge in [0.25, 0.3) is 0 Å². The van der Waals surface area contributed by atoms with Gasteiger partial charge in [0.1, 0.15) is 8.07 Å². The zero-order chi connectivity index (χ0) is 22.2. The first kappa shape index (κ1) is 21.4. The molecule has 2 aromatic rings. The van der Waals surface area contributed by atoms with Crippen molar-refractivity contribution in [2.45, 2.75) is 64.7 Å². The van der Waals surface area contributed by atoms with Crippen LogP contribution >= 0.6 is 0 Å². The summed E-state index contributed by atoms with van der Waals surface area (Å²) in [6.45, 7) is 18.0. The maximum Gasteiger partial charge on any atom is 0.183 e. The van der Waals surface area contributed by atoms with Crippen LogP contribution in [0.1, 0.15) is 23.1 Å². The summed E-state index contributed by atoms with van der Waals surface area (Å²) in [5.41, 5.74) is 9.32. The second-order valence-corrected chi connectivity index (χ2v) is 25.4. The molecule has 5 rings (SSSR count). The summed E-state index contributed by atoms with van der Waals surface area (Å²) < 4.78 is 6.21. The molecule has 3 aliphatic rings. The summed E-state index contributed by atoms with van der Waals surface area (Å²) in [6.07, 6.45) is 7.37. The molecule has 0 radical (unpaired) electrons. The Labute approximate surface area is 191 Å². The monoisotopic (exact) mass is 460 g/mol. The molecule has 1 nitrogen and oxygen atoms in total. The Morgan fingerprint density at radius 3 is 2.42 bits per heavy atom. The van der Waals surface area contributed by atoms with Crippen molar-refractivity contribution < 1.29 is 4.43 Å². The maximum atomic E-state index is 6.21. The first-order chi connectivity index (χ1) is 14.5. The molecule has 4 heteroatoms. The summed E-state index contributed by atoms with van der Waals surface area (Å²) >= 11 is 0. The van der Waals surface area contributed by atoms with E-state index in [4.69, 9.17) is 4.43 Å². The highest BCUT2D eigenvalue weighted by atomic mass is 28.4. The van der Waals surface area contributed by atoms with Crippen molar-refractivity contribution in [2.24, 2.45) is 0 Å². The Morgan fingerprint density at radius 1 is 0.935 bits per heavy atom. The van der Waals surface area contributed by atoms with Crippen molar-refractivity contribution >= 4 is 40.4 Å². The van der Waals surface area contributed by atoms with Gasteiger partial charge in [0.15, 0.2) is 8.32 Å². The Hall–Kier alpha value is -1.47. The molecule has 0 aromatic heterocycles. The van der Waals surface area contributed by atoms with E-state index >= 15 is 0 Å². The van der Waals surface area contributed by atoms with Gasteiger partial charge in [-0.3, -0.25) is 0 Å². The summed E-state index contributed by atoms with van der Waals surface area (Å²) in [5.74, 6) is 0. The van der Waals surface area contributed by atoms with E-state index in [1.807, 2.05) is 0 Å². The van der Waals surface area contributed by atoms with E-state index in [2.05, 4.69) is 88.3 Å².